The molecule has 0 fully saturated rings. The van der Waals surface area contributed by atoms with E-state index in [2.05, 4.69) is 130 Å². The van der Waals surface area contributed by atoms with Gasteiger partial charge in [-0.15, -0.1) is 0 Å². The Morgan fingerprint density at radius 3 is 1.56 bits per heavy atom. The fraction of sp³-hybridized carbons (Fsp3) is 0. The van der Waals surface area contributed by atoms with Crippen LogP contribution in [0.25, 0.3) is 21.8 Å². The van der Waals surface area contributed by atoms with Gasteiger partial charge in [0.05, 0.1) is 22.4 Å². The third-order valence-electron chi connectivity index (χ3n) is 5.75. The fourth-order valence-electron chi connectivity index (χ4n) is 3.98. The zero-order valence-corrected chi connectivity index (χ0v) is 28.0. The maximum Gasteiger partial charge on any atom is 0.0914 e. The van der Waals surface area contributed by atoms with E-state index in [1.807, 2.05) is 73.4 Å². The van der Waals surface area contributed by atoms with Gasteiger partial charge in [0.1, 0.15) is 0 Å². The van der Waals surface area contributed by atoms with Gasteiger partial charge in [-0.2, -0.15) is 0 Å². The molecule has 4 nitrogen and oxygen atoms in total. The van der Waals surface area contributed by atoms with Crippen LogP contribution in [0.1, 0.15) is 11.1 Å². The molecule has 0 amide bonds. The number of benzene rings is 4. The van der Waals surface area contributed by atoms with Crippen LogP contribution in [-0.2, 0) is 0 Å². The molecule has 0 aliphatic carbocycles. The average molecular weight is 835 g/mol. The van der Waals surface area contributed by atoms with E-state index < -0.39 is 0 Å². The lowest BCUT2D eigenvalue weighted by Crippen LogP contribution is -1.84. The van der Waals surface area contributed by atoms with Gasteiger partial charge in [0.25, 0.3) is 0 Å². The SMILES string of the molecule is Brc1cc(Br)c(N=Cc2cccc3cc[nH]c23)c(Br)c1.Brc1cc(Br)cc(N=Cc2cccc3cc[nH]c23)c1. The number of halogens is 5. The summed E-state index contributed by atoms with van der Waals surface area (Å²) in [6.07, 6.45) is 7.63. The van der Waals surface area contributed by atoms with E-state index in [0.717, 1.165) is 55.9 Å². The molecule has 194 valence electrons. The fourth-order valence-corrected chi connectivity index (χ4v) is 7.72. The minimum absolute atomic E-state index is 0.872. The van der Waals surface area contributed by atoms with Crippen LogP contribution in [0.2, 0.25) is 0 Å². The number of hydrogen-bond donors (Lipinski definition) is 2. The van der Waals surface area contributed by atoms with Crippen molar-refractivity contribution in [1.82, 2.24) is 9.97 Å². The number of aromatic nitrogens is 2. The third kappa shape index (κ3) is 7.08. The van der Waals surface area contributed by atoms with Gasteiger partial charge >= 0.3 is 0 Å². The maximum atomic E-state index is 4.59. The normalized spacial score (nSPS) is 11.5. The molecule has 0 spiro atoms. The Balaban J connectivity index is 0.000000158. The summed E-state index contributed by atoms with van der Waals surface area (Å²) in [5.41, 5.74) is 6.13. The Kier molecular flexibility index (Phi) is 9.35. The molecule has 4 aromatic carbocycles. The Hall–Kier alpha value is -2.30. The quantitative estimate of drug-likeness (QED) is 0.166. The van der Waals surface area contributed by atoms with E-state index in [-0.39, 0.29) is 0 Å². The smallest absolute Gasteiger partial charge is 0.0914 e. The first-order valence-corrected chi connectivity index (χ1v) is 15.6. The highest BCUT2D eigenvalue weighted by molar-refractivity contribution is 9.12. The minimum Gasteiger partial charge on any atom is -0.361 e. The zero-order valence-electron chi connectivity index (χ0n) is 20.1. The van der Waals surface area contributed by atoms with Crippen LogP contribution in [0.5, 0.6) is 0 Å². The van der Waals surface area contributed by atoms with Gasteiger partial charge in [0.15, 0.2) is 0 Å². The Morgan fingerprint density at radius 1 is 0.538 bits per heavy atom. The van der Waals surface area contributed by atoms with E-state index in [4.69, 9.17) is 0 Å². The highest BCUT2D eigenvalue weighted by atomic mass is 79.9. The number of aromatic amines is 2. The van der Waals surface area contributed by atoms with Crippen molar-refractivity contribution in [2.45, 2.75) is 0 Å². The summed E-state index contributed by atoms with van der Waals surface area (Å²) < 4.78 is 4.89. The van der Waals surface area contributed by atoms with E-state index in [9.17, 15) is 0 Å². The number of H-pyrrole nitrogens is 2. The highest BCUT2D eigenvalue weighted by Gasteiger charge is 2.06. The van der Waals surface area contributed by atoms with Crippen LogP contribution in [0, 0.1) is 0 Å². The van der Waals surface area contributed by atoms with Gasteiger partial charge in [0.2, 0.25) is 0 Å². The predicted octanol–water partition coefficient (Wildman–Crippen LogP) is 11.6. The second-order valence-corrected chi connectivity index (χ2v) is 12.9. The molecular formula is C30H19Br5N4. The molecule has 0 radical (unpaired) electrons. The molecular weight excluding hydrogens is 816 g/mol. The summed E-state index contributed by atoms with van der Waals surface area (Å²) in [5.74, 6) is 0. The lowest BCUT2D eigenvalue weighted by molar-refractivity contribution is 1.44. The summed E-state index contributed by atoms with van der Waals surface area (Å²) in [7, 11) is 0. The van der Waals surface area contributed by atoms with Crippen molar-refractivity contribution in [1.29, 1.82) is 0 Å². The molecule has 9 heteroatoms. The van der Waals surface area contributed by atoms with Gasteiger partial charge in [-0.3, -0.25) is 9.98 Å². The molecule has 0 bridgehead atoms. The Bertz CT molecular complexity index is 1790. The first-order chi connectivity index (χ1) is 18.9. The van der Waals surface area contributed by atoms with Gasteiger partial charge in [-0.25, -0.2) is 0 Å². The molecule has 0 saturated carbocycles. The number of nitrogens with one attached hydrogen (secondary N) is 2. The number of aliphatic imine (C=N–C) groups is 2. The van der Waals surface area contributed by atoms with Crippen LogP contribution in [-0.4, -0.2) is 22.4 Å². The van der Waals surface area contributed by atoms with E-state index in [1.54, 1.807) is 0 Å². The molecule has 0 unspecified atom stereocenters. The highest BCUT2D eigenvalue weighted by Crippen LogP contribution is 2.36. The van der Waals surface area contributed by atoms with Crippen molar-refractivity contribution < 1.29 is 0 Å². The summed E-state index contributed by atoms with van der Waals surface area (Å²) in [5, 5.41) is 2.38. The number of para-hydroxylation sites is 2. The lowest BCUT2D eigenvalue weighted by Gasteiger charge is -2.03. The third-order valence-corrected chi connectivity index (χ3v) is 8.34. The molecule has 2 N–H and O–H groups in total. The standard InChI is InChI=1S/C15H9Br3N2.C15H10Br2N2/c16-11-6-12(17)15(13(18)7-11)20-8-10-3-1-2-9-4-5-19-14(9)10;16-12-6-13(17)8-14(7-12)19-9-11-3-1-2-10-4-5-18-15(10)11/h1-8,19H;1-9,18H. The molecule has 39 heavy (non-hydrogen) atoms. The molecule has 6 aromatic rings. The maximum absolute atomic E-state index is 4.59. The number of hydrogen-bond acceptors (Lipinski definition) is 2. The van der Waals surface area contributed by atoms with Gasteiger partial charge in [-0.1, -0.05) is 84.2 Å². The van der Waals surface area contributed by atoms with E-state index in [0.29, 0.717) is 0 Å². The second kappa shape index (κ2) is 12.9. The van der Waals surface area contributed by atoms with Crippen LogP contribution >= 0.6 is 79.6 Å². The molecule has 0 aliphatic rings. The van der Waals surface area contributed by atoms with Crippen molar-refractivity contribution in [3.8, 4) is 0 Å². The summed E-state index contributed by atoms with van der Waals surface area (Å²) >= 11 is 17.4. The Labute approximate surface area is 267 Å². The van der Waals surface area contributed by atoms with Crippen molar-refractivity contribution in [3.63, 3.8) is 0 Å². The largest absolute Gasteiger partial charge is 0.361 e. The molecule has 0 saturated heterocycles. The van der Waals surface area contributed by atoms with Gasteiger partial charge < -0.3 is 9.97 Å². The molecule has 2 aromatic heterocycles. The van der Waals surface area contributed by atoms with E-state index in [1.165, 1.54) is 10.8 Å². The number of nitrogens with zero attached hydrogens (tertiary/aromatic N) is 2. The van der Waals surface area contributed by atoms with Crippen LogP contribution in [0.3, 0.4) is 0 Å². The van der Waals surface area contributed by atoms with Crippen LogP contribution in [0.4, 0.5) is 11.4 Å². The van der Waals surface area contributed by atoms with Crippen molar-refractivity contribution in [3.05, 3.63) is 125 Å². The summed E-state index contributed by atoms with van der Waals surface area (Å²) in [6, 6.07) is 26.3. The monoisotopic (exact) mass is 830 g/mol. The summed E-state index contributed by atoms with van der Waals surface area (Å²) in [4.78, 5) is 15.6. The topological polar surface area (TPSA) is 56.3 Å². The first kappa shape index (κ1) is 28.2. The van der Waals surface area contributed by atoms with Crippen LogP contribution < -0.4 is 0 Å². The first-order valence-electron chi connectivity index (χ1n) is 11.7. The molecule has 0 aliphatic heterocycles. The van der Waals surface area contributed by atoms with Crippen molar-refractivity contribution in [2.75, 3.05) is 0 Å². The second-order valence-electron chi connectivity index (χ2n) is 8.44. The van der Waals surface area contributed by atoms with Gasteiger partial charge in [-0.05, 0) is 74.3 Å². The Morgan fingerprint density at radius 2 is 1.03 bits per heavy atom. The number of rotatable bonds is 4. The molecule has 2 heterocycles. The van der Waals surface area contributed by atoms with Crippen molar-refractivity contribution >= 4 is 125 Å². The minimum atomic E-state index is 0.872. The average Bonchev–Trinajstić information content (AvgIpc) is 3.57. The molecule has 6 rings (SSSR count). The number of fused-ring (bicyclic) bond motifs is 2. The zero-order chi connectivity index (χ0) is 27.4. The lowest BCUT2D eigenvalue weighted by atomic mass is 10.1. The predicted molar refractivity (Wildman–Crippen MR) is 182 cm³/mol. The van der Waals surface area contributed by atoms with Crippen LogP contribution in [0.15, 0.2) is 124 Å². The molecule has 0 atom stereocenters. The summed E-state index contributed by atoms with van der Waals surface area (Å²) in [6.45, 7) is 0. The van der Waals surface area contributed by atoms with Crippen molar-refractivity contribution in [2.24, 2.45) is 9.98 Å². The van der Waals surface area contributed by atoms with E-state index >= 15 is 0 Å². The van der Waals surface area contributed by atoms with Gasteiger partial charge in [0, 0.05) is 69.1 Å².